The van der Waals surface area contributed by atoms with Crippen molar-refractivity contribution >= 4 is 11.8 Å². The summed E-state index contributed by atoms with van der Waals surface area (Å²) in [6.45, 7) is 4.24. The first-order valence-corrected chi connectivity index (χ1v) is 9.40. The maximum Gasteiger partial charge on any atom is 0.266 e. The summed E-state index contributed by atoms with van der Waals surface area (Å²) < 4.78 is 5.59. The quantitative estimate of drug-likeness (QED) is 0.387. The van der Waals surface area contributed by atoms with Gasteiger partial charge in [-0.2, -0.15) is 0 Å². The lowest BCUT2D eigenvalue weighted by Gasteiger charge is -2.20. The molecule has 0 saturated carbocycles. The molecule has 0 spiro atoms. The minimum Gasteiger partial charge on any atom is -0.451 e. The predicted octanol–water partition coefficient (Wildman–Crippen LogP) is 2.00. The molecule has 156 valence electrons. The van der Waals surface area contributed by atoms with E-state index in [1.54, 1.807) is 43.6 Å². The Bertz CT molecular complexity index is 999. The standard InChI is InChI=1S/C23H25N3O4/c1-16(2)21(23(28)25-29)24-22(27)18-11-9-17(10-12-18)7-5-6-8-19-13-14-20(30-19)15-26(3)4/h9-14,16,21,29H,15H2,1-4H3,(H,24,27)(H,25,28)/t21-/m0/s1. The van der Waals surface area contributed by atoms with E-state index in [-0.39, 0.29) is 5.92 Å². The maximum atomic E-state index is 12.3. The van der Waals surface area contributed by atoms with Crippen LogP contribution in [0.1, 0.15) is 41.3 Å². The Labute approximate surface area is 176 Å². The molecule has 1 aromatic heterocycles. The second-order valence-electron chi connectivity index (χ2n) is 7.25. The lowest BCUT2D eigenvalue weighted by atomic mass is 10.0. The number of nitrogens with zero attached hydrogens (tertiary/aromatic N) is 1. The van der Waals surface area contributed by atoms with Crippen LogP contribution in [0, 0.1) is 29.6 Å². The van der Waals surface area contributed by atoms with E-state index in [0.29, 0.717) is 23.4 Å². The molecule has 0 saturated heterocycles. The largest absolute Gasteiger partial charge is 0.451 e. The molecule has 2 aromatic rings. The van der Waals surface area contributed by atoms with Crippen molar-refractivity contribution in [2.45, 2.75) is 26.4 Å². The van der Waals surface area contributed by atoms with Crippen LogP contribution in [-0.4, -0.2) is 42.1 Å². The number of nitrogens with one attached hydrogen (secondary N) is 2. The Morgan fingerprint density at radius 1 is 1.07 bits per heavy atom. The van der Waals surface area contributed by atoms with Gasteiger partial charge in [0.25, 0.3) is 11.8 Å². The zero-order chi connectivity index (χ0) is 22.1. The van der Waals surface area contributed by atoms with Gasteiger partial charge >= 0.3 is 0 Å². The van der Waals surface area contributed by atoms with Crippen LogP contribution in [0.2, 0.25) is 0 Å². The van der Waals surface area contributed by atoms with E-state index >= 15 is 0 Å². The van der Waals surface area contributed by atoms with Crippen molar-refractivity contribution in [1.82, 2.24) is 15.7 Å². The van der Waals surface area contributed by atoms with Crippen molar-refractivity contribution in [3.63, 3.8) is 0 Å². The van der Waals surface area contributed by atoms with E-state index in [4.69, 9.17) is 9.62 Å². The molecule has 0 aliphatic heterocycles. The molecule has 1 heterocycles. The molecule has 2 amide bonds. The van der Waals surface area contributed by atoms with E-state index < -0.39 is 17.9 Å². The highest BCUT2D eigenvalue weighted by molar-refractivity contribution is 5.97. The van der Waals surface area contributed by atoms with Gasteiger partial charge in [0.15, 0.2) is 5.76 Å². The van der Waals surface area contributed by atoms with Crippen LogP contribution in [0.3, 0.4) is 0 Å². The molecule has 0 aliphatic carbocycles. The fourth-order valence-electron chi connectivity index (χ4n) is 2.57. The summed E-state index contributed by atoms with van der Waals surface area (Å²) in [5, 5.41) is 11.4. The monoisotopic (exact) mass is 407 g/mol. The molecule has 7 nitrogen and oxygen atoms in total. The molecule has 0 bridgehead atoms. The van der Waals surface area contributed by atoms with Crippen LogP contribution in [0.4, 0.5) is 0 Å². The van der Waals surface area contributed by atoms with Crippen molar-refractivity contribution in [2.24, 2.45) is 5.92 Å². The minimum absolute atomic E-state index is 0.182. The van der Waals surface area contributed by atoms with Gasteiger partial charge in [-0.05, 0) is 74.2 Å². The summed E-state index contributed by atoms with van der Waals surface area (Å²) in [5.41, 5.74) is 2.65. The van der Waals surface area contributed by atoms with Gasteiger partial charge in [-0.25, -0.2) is 5.48 Å². The summed E-state index contributed by atoms with van der Waals surface area (Å²) in [4.78, 5) is 26.0. The number of furan rings is 1. The van der Waals surface area contributed by atoms with Crippen LogP contribution in [0.25, 0.3) is 0 Å². The van der Waals surface area contributed by atoms with Gasteiger partial charge in [0.2, 0.25) is 0 Å². The van der Waals surface area contributed by atoms with Crippen LogP contribution in [0.5, 0.6) is 0 Å². The van der Waals surface area contributed by atoms with Gasteiger partial charge < -0.3 is 14.6 Å². The Morgan fingerprint density at radius 3 is 2.33 bits per heavy atom. The van der Waals surface area contributed by atoms with Gasteiger partial charge in [0.05, 0.1) is 6.54 Å². The van der Waals surface area contributed by atoms with Crippen molar-refractivity contribution in [1.29, 1.82) is 0 Å². The van der Waals surface area contributed by atoms with Crippen molar-refractivity contribution in [3.05, 3.63) is 59.0 Å². The molecular formula is C23H25N3O4. The molecule has 1 atom stereocenters. The molecule has 0 radical (unpaired) electrons. The third kappa shape index (κ3) is 6.82. The first-order chi connectivity index (χ1) is 14.3. The van der Waals surface area contributed by atoms with E-state index in [1.807, 2.05) is 31.1 Å². The number of hydrogen-bond acceptors (Lipinski definition) is 5. The van der Waals surface area contributed by atoms with E-state index in [2.05, 4.69) is 29.0 Å². The van der Waals surface area contributed by atoms with Crippen LogP contribution in [-0.2, 0) is 11.3 Å². The number of benzene rings is 1. The smallest absolute Gasteiger partial charge is 0.266 e. The molecule has 0 fully saturated rings. The lowest BCUT2D eigenvalue weighted by molar-refractivity contribution is -0.132. The fraction of sp³-hybridized carbons (Fsp3) is 0.304. The van der Waals surface area contributed by atoms with Crippen LogP contribution >= 0.6 is 0 Å². The molecule has 7 heteroatoms. The van der Waals surface area contributed by atoms with Gasteiger partial charge in [0.1, 0.15) is 11.8 Å². The van der Waals surface area contributed by atoms with E-state index in [1.165, 1.54) is 0 Å². The van der Waals surface area contributed by atoms with E-state index in [9.17, 15) is 9.59 Å². The minimum atomic E-state index is -0.836. The molecular weight excluding hydrogens is 382 g/mol. The second kappa shape index (κ2) is 10.9. The summed E-state index contributed by atoms with van der Waals surface area (Å²) in [5.74, 6) is 11.4. The summed E-state index contributed by atoms with van der Waals surface area (Å²) in [6, 6.07) is 9.47. The number of amides is 2. The first kappa shape index (κ1) is 22.8. The third-order valence-corrected chi connectivity index (χ3v) is 4.08. The Morgan fingerprint density at radius 2 is 1.73 bits per heavy atom. The SMILES string of the molecule is CC(C)[C@H](NC(=O)c1ccc(C#CC#Cc2ccc(CN(C)C)o2)cc1)C(=O)NO. The Balaban J connectivity index is 1.99. The highest BCUT2D eigenvalue weighted by Gasteiger charge is 2.24. The van der Waals surface area contributed by atoms with Crippen molar-refractivity contribution < 1.29 is 19.2 Å². The maximum absolute atomic E-state index is 12.3. The summed E-state index contributed by atoms with van der Waals surface area (Å²) >= 11 is 0. The zero-order valence-electron chi connectivity index (χ0n) is 17.4. The number of hydrogen-bond donors (Lipinski definition) is 3. The molecule has 30 heavy (non-hydrogen) atoms. The number of carbonyl (C=O) groups excluding carboxylic acids is 2. The Kier molecular flexibility index (Phi) is 8.25. The van der Waals surface area contributed by atoms with Gasteiger partial charge in [-0.15, -0.1) is 0 Å². The predicted molar refractivity (Wildman–Crippen MR) is 112 cm³/mol. The third-order valence-electron chi connectivity index (χ3n) is 4.08. The first-order valence-electron chi connectivity index (χ1n) is 9.40. The van der Waals surface area contributed by atoms with Crippen LogP contribution in [0.15, 0.2) is 40.8 Å². The average Bonchev–Trinajstić information content (AvgIpc) is 3.15. The molecule has 2 rings (SSSR count). The average molecular weight is 407 g/mol. The molecule has 0 aliphatic rings. The summed E-state index contributed by atoms with van der Waals surface area (Å²) in [6.07, 6.45) is 0. The number of carbonyl (C=O) groups is 2. The van der Waals surface area contributed by atoms with Gasteiger partial charge in [-0.1, -0.05) is 19.8 Å². The van der Waals surface area contributed by atoms with Gasteiger partial charge in [-0.3, -0.25) is 14.8 Å². The summed E-state index contributed by atoms with van der Waals surface area (Å²) in [7, 11) is 3.92. The topological polar surface area (TPSA) is 94.8 Å². The number of hydroxylamine groups is 1. The second-order valence-corrected chi connectivity index (χ2v) is 7.25. The molecule has 0 unspecified atom stereocenters. The van der Waals surface area contributed by atoms with Gasteiger partial charge in [0, 0.05) is 11.1 Å². The fourth-order valence-corrected chi connectivity index (χ4v) is 2.57. The zero-order valence-corrected chi connectivity index (χ0v) is 17.4. The van der Waals surface area contributed by atoms with Crippen molar-refractivity contribution in [2.75, 3.05) is 14.1 Å². The lowest BCUT2D eigenvalue weighted by Crippen LogP contribution is -2.48. The van der Waals surface area contributed by atoms with Crippen LogP contribution < -0.4 is 10.8 Å². The van der Waals surface area contributed by atoms with E-state index in [0.717, 1.165) is 5.76 Å². The highest BCUT2D eigenvalue weighted by atomic mass is 16.5. The highest BCUT2D eigenvalue weighted by Crippen LogP contribution is 2.08. The Hall–Kier alpha value is -3.52. The van der Waals surface area contributed by atoms with Crippen molar-refractivity contribution in [3.8, 4) is 23.7 Å². The molecule has 1 aromatic carbocycles. The number of rotatable bonds is 6. The molecule has 3 N–H and O–H groups in total. The normalized spacial score (nSPS) is 11.2.